The Labute approximate surface area is 293 Å². The number of benzene rings is 3. The van der Waals surface area contributed by atoms with Crippen LogP contribution in [0.2, 0.25) is 0 Å². The van der Waals surface area contributed by atoms with Crippen LogP contribution in [0.1, 0.15) is 144 Å². The van der Waals surface area contributed by atoms with E-state index in [1.165, 1.54) is 120 Å². The molecule has 0 atom stereocenters. The highest BCUT2D eigenvalue weighted by Gasteiger charge is 2.18. The standard InChI is InChI=1S/C46H52.C2H6/c1-4-5-6-7-8-9-10-11-12-16-19-39-30-40(20-17-14-13-15-18-38-24-21-36(2)22-25-38)32-42(31-39)33-41-26-27-43-35-44-29-37(3)23-28-45(44)46(43)34-41;1-2/h21-31,33-34H,4-14,16,19,32,35H2,1-3H3;1-2H3/b42-33+;. The highest BCUT2D eigenvalue weighted by Crippen LogP contribution is 2.38. The molecule has 0 heterocycles. The first-order valence-electron chi connectivity index (χ1n) is 19.0. The van der Waals surface area contributed by atoms with Gasteiger partial charge in [0.2, 0.25) is 0 Å². The zero-order valence-electron chi connectivity index (χ0n) is 30.6. The fourth-order valence-corrected chi connectivity index (χ4v) is 6.70. The summed E-state index contributed by atoms with van der Waals surface area (Å²) >= 11 is 0. The predicted molar refractivity (Wildman–Crippen MR) is 211 cm³/mol. The van der Waals surface area contributed by atoms with Crippen molar-refractivity contribution in [2.45, 2.75) is 131 Å². The molecule has 0 amide bonds. The molecule has 0 radical (unpaired) electrons. The van der Waals surface area contributed by atoms with Crippen LogP contribution in [-0.2, 0) is 6.42 Å². The average molecular weight is 635 g/mol. The maximum absolute atomic E-state index is 3.53. The molecule has 0 spiro atoms. The zero-order valence-corrected chi connectivity index (χ0v) is 30.6. The summed E-state index contributed by atoms with van der Waals surface area (Å²) in [7, 11) is 0. The Kier molecular flexibility index (Phi) is 15.6. The largest absolute Gasteiger partial charge is 0.0972 e. The van der Waals surface area contributed by atoms with Crippen LogP contribution in [-0.4, -0.2) is 0 Å². The summed E-state index contributed by atoms with van der Waals surface area (Å²) in [6.07, 6.45) is 25.6. The Morgan fingerprint density at radius 3 is 2.00 bits per heavy atom. The van der Waals surface area contributed by atoms with E-state index in [4.69, 9.17) is 0 Å². The lowest BCUT2D eigenvalue weighted by Gasteiger charge is -2.14. The molecule has 0 fully saturated rings. The molecule has 2 aliphatic carbocycles. The molecule has 0 N–H and O–H groups in total. The number of rotatable bonds is 13. The zero-order chi connectivity index (χ0) is 34.0. The van der Waals surface area contributed by atoms with Crippen molar-refractivity contribution in [1.29, 1.82) is 0 Å². The summed E-state index contributed by atoms with van der Waals surface area (Å²) in [6.45, 7) is 10.6. The van der Waals surface area contributed by atoms with Crippen molar-refractivity contribution in [3.8, 4) is 34.8 Å². The van der Waals surface area contributed by atoms with Crippen molar-refractivity contribution < 1.29 is 0 Å². The van der Waals surface area contributed by atoms with Gasteiger partial charge in [0.15, 0.2) is 0 Å². The summed E-state index contributed by atoms with van der Waals surface area (Å²) in [4.78, 5) is 0. The number of hydrogen-bond acceptors (Lipinski definition) is 0. The quantitative estimate of drug-likeness (QED) is 0.101. The van der Waals surface area contributed by atoms with E-state index in [0.717, 1.165) is 37.7 Å². The normalized spacial score (nSPS) is 13.6. The number of aryl methyl sites for hydroxylation is 2. The van der Waals surface area contributed by atoms with Crippen LogP contribution in [0.25, 0.3) is 17.2 Å². The third-order valence-corrected chi connectivity index (χ3v) is 9.27. The monoisotopic (exact) mass is 634 g/mol. The first kappa shape index (κ1) is 36.8. The van der Waals surface area contributed by atoms with Crippen LogP contribution in [0.15, 0.2) is 89.5 Å². The van der Waals surface area contributed by atoms with Gasteiger partial charge in [-0.25, -0.2) is 0 Å². The van der Waals surface area contributed by atoms with Gasteiger partial charge in [-0.05, 0) is 96.3 Å². The summed E-state index contributed by atoms with van der Waals surface area (Å²) in [5.41, 5.74) is 14.7. The van der Waals surface area contributed by atoms with Crippen molar-refractivity contribution >= 4 is 6.08 Å². The maximum atomic E-state index is 3.53. The van der Waals surface area contributed by atoms with Crippen LogP contribution in [0.4, 0.5) is 0 Å². The average Bonchev–Trinajstić information content (AvgIpc) is 3.45. The molecule has 0 saturated carbocycles. The van der Waals surface area contributed by atoms with Crippen molar-refractivity contribution in [3.05, 3.63) is 123 Å². The Balaban J connectivity index is 0.00000255. The van der Waals surface area contributed by atoms with E-state index in [9.17, 15) is 0 Å². The lowest BCUT2D eigenvalue weighted by Crippen LogP contribution is -1.96. The third-order valence-electron chi connectivity index (χ3n) is 9.27. The second-order valence-corrected chi connectivity index (χ2v) is 13.4. The fourth-order valence-electron chi connectivity index (χ4n) is 6.70. The molecule has 2 aliphatic rings. The van der Waals surface area contributed by atoms with Gasteiger partial charge in [-0.2, -0.15) is 0 Å². The number of fused-ring (bicyclic) bond motifs is 3. The predicted octanol–water partition coefficient (Wildman–Crippen LogP) is 13.7. The van der Waals surface area contributed by atoms with Gasteiger partial charge in [-0.1, -0.05) is 168 Å². The molecule has 0 heteroatoms. The highest BCUT2D eigenvalue weighted by atomic mass is 14.2. The van der Waals surface area contributed by atoms with Gasteiger partial charge in [0.1, 0.15) is 0 Å². The van der Waals surface area contributed by atoms with E-state index in [0.29, 0.717) is 0 Å². The molecule has 3 aromatic carbocycles. The van der Waals surface area contributed by atoms with Gasteiger partial charge >= 0.3 is 0 Å². The number of allylic oxidation sites excluding steroid dienone is 5. The van der Waals surface area contributed by atoms with Gasteiger partial charge in [0.05, 0.1) is 0 Å². The number of hydrogen-bond donors (Lipinski definition) is 0. The summed E-state index contributed by atoms with van der Waals surface area (Å²) in [5.74, 6) is 13.6. The van der Waals surface area contributed by atoms with E-state index in [1.54, 1.807) is 0 Å². The Bertz CT molecular complexity index is 1680. The van der Waals surface area contributed by atoms with E-state index in [2.05, 4.69) is 123 Å². The van der Waals surface area contributed by atoms with Crippen molar-refractivity contribution in [2.24, 2.45) is 0 Å². The molecule has 0 unspecified atom stereocenters. The molecule has 0 bridgehead atoms. The molecule has 5 rings (SSSR count). The Hall–Kier alpha value is -4.00. The smallest absolute Gasteiger partial charge is 0.0245 e. The molecular weight excluding hydrogens is 577 g/mol. The third kappa shape index (κ3) is 11.9. The van der Waals surface area contributed by atoms with Gasteiger partial charge < -0.3 is 0 Å². The minimum absolute atomic E-state index is 0.800. The highest BCUT2D eigenvalue weighted by molar-refractivity contribution is 5.79. The molecule has 48 heavy (non-hydrogen) atoms. The minimum Gasteiger partial charge on any atom is -0.0972 e. The molecule has 250 valence electrons. The topological polar surface area (TPSA) is 0 Å². The summed E-state index contributed by atoms with van der Waals surface area (Å²) < 4.78 is 0. The molecule has 0 aromatic heterocycles. The lowest BCUT2D eigenvalue weighted by molar-refractivity contribution is 0.556. The van der Waals surface area contributed by atoms with E-state index < -0.39 is 0 Å². The molecule has 0 nitrogen and oxygen atoms in total. The second kappa shape index (κ2) is 20.4. The van der Waals surface area contributed by atoms with Gasteiger partial charge in [0.25, 0.3) is 0 Å². The summed E-state index contributed by atoms with van der Waals surface area (Å²) in [6, 6.07) is 22.4. The lowest BCUT2D eigenvalue weighted by atomic mass is 9.90. The van der Waals surface area contributed by atoms with E-state index in [1.807, 2.05) is 13.8 Å². The van der Waals surface area contributed by atoms with Crippen molar-refractivity contribution in [2.75, 3.05) is 0 Å². The van der Waals surface area contributed by atoms with Crippen LogP contribution in [0.5, 0.6) is 0 Å². The van der Waals surface area contributed by atoms with E-state index in [-0.39, 0.29) is 0 Å². The molecular formula is C48H58. The molecule has 0 aliphatic heterocycles. The van der Waals surface area contributed by atoms with Gasteiger partial charge in [0, 0.05) is 30.4 Å². The second-order valence-electron chi connectivity index (χ2n) is 13.4. The van der Waals surface area contributed by atoms with Crippen LogP contribution >= 0.6 is 0 Å². The van der Waals surface area contributed by atoms with E-state index >= 15 is 0 Å². The molecule has 0 saturated heterocycles. The van der Waals surface area contributed by atoms with Gasteiger partial charge in [-0.15, -0.1) is 0 Å². The van der Waals surface area contributed by atoms with Crippen molar-refractivity contribution in [3.63, 3.8) is 0 Å². The molecule has 3 aromatic rings. The first-order chi connectivity index (χ1) is 23.6. The Morgan fingerprint density at radius 2 is 1.27 bits per heavy atom. The summed E-state index contributed by atoms with van der Waals surface area (Å²) in [5, 5.41) is 0. The SMILES string of the molecule is CC.CCCCCCCCCCCCC1=C/C(=C\c2ccc3c(c2)-c2ccc(C)cc2C3)CC(C#CCCC#Cc2ccc(C)cc2)=C1. The van der Waals surface area contributed by atoms with Crippen LogP contribution in [0.3, 0.4) is 0 Å². The Morgan fingerprint density at radius 1 is 0.604 bits per heavy atom. The van der Waals surface area contributed by atoms with Gasteiger partial charge in [-0.3, -0.25) is 0 Å². The first-order valence-corrected chi connectivity index (χ1v) is 19.0. The maximum Gasteiger partial charge on any atom is 0.0245 e. The van der Waals surface area contributed by atoms with Crippen LogP contribution in [0, 0.1) is 37.5 Å². The number of unbranched alkanes of at least 4 members (excludes halogenated alkanes) is 10. The van der Waals surface area contributed by atoms with Crippen molar-refractivity contribution in [1.82, 2.24) is 0 Å². The van der Waals surface area contributed by atoms with Crippen LogP contribution < -0.4 is 0 Å². The fraction of sp³-hybridized carbons (Fsp3) is 0.417. The minimum atomic E-state index is 0.800.